The molecule has 26 heavy (non-hydrogen) atoms. The summed E-state index contributed by atoms with van der Waals surface area (Å²) in [4.78, 5) is 22.5. The summed E-state index contributed by atoms with van der Waals surface area (Å²) in [6.45, 7) is -0.441. The second kappa shape index (κ2) is 8.63. The third-order valence-corrected chi connectivity index (χ3v) is 3.54. The number of ether oxygens (including phenoxy) is 1. The SMILES string of the molecule is N=C(N)c1ccc(C(=O)NCC(O)c2ccc(OCC(=O)O)cc2)cc1. The van der Waals surface area contributed by atoms with Crippen molar-refractivity contribution in [2.45, 2.75) is 6.10 Å². The summed E-state index contributed by atoms with van der Waals surface area (Å²) in [6.07, 6.45) is -0.927. The molecular weight excluding hydrogens is 338 g/mol. The van der Waals surface area contributed by atoms with E-state index in [1.54, 1.807) is 48.5 Å². The average Bonchev–Trinajstić information content (AvgIpc) is 2.64. The molecule has 0 heterocycles. The lowest BCUT2D eigenvalue weighted by atomic mass is 10.1. The molecule has 1 atom stereocenters. The Morgan fingerprint density at radius 1 is 1.08 bits per heavy atom. The number of hydrogen-bond donors (Lipinski definition) is 5. The van der Waals surface area contributed by atoms with Crippen molar-refractivity contribution in [2.24, 2.45) is 5.73 Å². The van der Waals surface area contributed by atoms with Crippen LogP contribution in [-0.4, -0.2) is 41.1 Å². The number of nitrogens with two attached hydrogens (primary N) is 1. The summed E-state index contributed by atoms with van der Waals surface area (Å²) in [5.74, 6) is -1.14. The highest BCUT2D eigenvalue weighted by Crippen LogP contribution is 2.17. The third-order valence-electron chi connectivity index (χ3n) is 3.54. The average molecular weight is 357 g/mol. The molecular formula is C18H19N3O5. The van der Waals surface area contributed by atoms with Crippen molar-refractivity contribution < 1.29 is 24.5 Å². The van der Waals surface area contributed by atoms with Crippen LogP contribution in [0.15, 0.2) is 48.5 Å². The van der Waals surface area contributed by atoms with Crippen LogP contribution in [0.1, 0.15) is 27.6 Å². The van der Waals surface area contributed by atoms with E-state index in [1.165, 1.54) is 0 Å². The minimum atomic E-state index is -1.08. The summed E-state index contributed by atoms with van der Waals surface area (Å²) in [5, 5.41) is 28.6. The number of carboxylic acids is 1. The van der Waals surface area contributed by atoms with Crippen LogP contribution in [0.4, 0.5) is 0 Å². The molecule has 2 aromatic carbocycles. The van der Waals surface area contributed by atoms with E-state index in [4.69, 9.17) is 21.0 Å². The molecule has 0 aliphatic heterocycles. The summed E-state index contributed by atoms with van der Waals surface area (Å²) in [5.41, 5.74) is 6.82. The van der Waals surface area contributed by atoms with Gasteiger partial charge in [-0.25, -0.2) is 4.79 Å². The number of nitrogen functional groups attached to an aromatic ring is 1. The molecule has 1 amide bonds. The van der Waals surface area contributed by atoms with Gasteiger partial charge in [0.25, 0.3) is 5.91 Å². The normalized spacial score (nSPS) is 11.4. The van der Waals surface area contributed by atoms with Gasteiger partial charge in [-0.3, -0.25) is 10.2 Å². The molecule has 1 unspecified atom stereocenters. The Morgan fingerprint density at radius 2 is 1.65 bits per heavy atom. The maximum atomic E-state index is 12.1. The highest BCUT2D eigenvalue weighted by molar-refractivity contribution is 5.98. The second-order valence-corrected chi connectivity index (χ2v) is 5.47. The Morgan fingerprint density at radius 3 is 2.19 bits per heavy atom. The van der Waals surface area contributed by atoms with Gasteiger partial charge in [0.15, 0.2) is 6.61 Å². The van der Waals surface area contributed by atoms with Crippen molar-refractivity contribution in [1.82, 2.24) is 5.32 Å². The van der Waals surface area contributed by atoms with Gasteiger partial charge >= 0.3 is 5.97 Å². The minimum Gasteiger partial charge on any atom is -0.482 e. The van der Waals surface area contributed by atoms with Crippen molar-refractivity contribution in [3.05, 3.63) is 65.2 Å². The van der Waals surface area contributed by atoms with E-state index in [-0.39, 0.29) is 18.3 Å². The maximum Gasteiger partial charge on any atom is 0.341 e. The quantitative estimate of drug-likeness (QED) is 0.350. The van der Waals surface area contributed by atoms with Crippen LogP contribution >= 0.6 is 0 Å². The Hall–Kier alpha value is -3.39. The van der Waals surface area contributed by atoms with Gasteiger partial charge in [-0.1, -0.05) is 24.3 Å². The number of carbonyl (C=O) groups excluding carboxylic acids is 1. The van der Waals surface area contributed by atoms with Crippen LogP contribution in [0.25, 0.3) is 0 Å². The van der Waals surface area contributed by atoms with E-state index in [9.17, 15) is 14.7 Å². The maximum absolute atomic E-state index is 12.1. The first-order chi connectivity index (χ1) is 12.4. The fourth-order valence-electron chi connectivity index (χ4n) is 2.14. The van der Waals surface area contributed by atoms with E-state index < -0.39 is 18.7 Å². The van der Waals surface area contributed by atoms with Gasteiger partial charge in [-0.2, -0.15) is 0 Å². The zero-order chi connectivity index (χ0) is 19.1. The van der Waals surface area contributed by atoms with E-state index >= 15 is 0 Å². The standard InChI is InChI=1S/C18H19N3O5/c19-17(20)12-1-3-13(4-2-12)18(25)21-9-15(22)11-5-7-14(8-6-11)26-10-16(23)24/h1-8,15,22H,9-10H2,(H3,19,20)(H,21,25)(H,23,24). The Balaban J connectivity index is 1.89. The number of benzene rings is 2. The highest BCUT2D eigenvalue weighted by Gasteiger charge is 2.11. The van der Waals surface area contributed by atoms with Gasteiger partial charge < -0.3 is 26.0 Å². The van der Waals surface area contributed by atoms with Crippen molar-refractivity contribution in [1.29, 1.82) is 5.41 Å². The van der Waals surface area contributed by atoms with Crippen LogP contribution < -0.4 is 15.8 Å². The first-order valence-electron chi connectivity index (χ1n) is 7.72. The molecule has 0 aliphatic carbocycles. The molecule has 2 aromatic rings. The number of amidine groups is 1. The molecule has 0 saturated heterocycles. The highest BCUT2D eigenvalue weighted by atomic mass is 16.5. The predicted molar refractivity (Wildman–Crippen MR) is 94.3 cm³/mol. The number of rotatable bonds is 8. The largest absolute Gasteiger partial charge is 0.482 e. The number of carboxylic acid groups (broad SMARTS) is 1. The van der Waals surface area contributed by atoms with Crippen LogP contribution in [0.3, 0.4) is 0 Å². The molecule has 0 fully saturated rings. The molecule has 136 valence electrons. The van der Waals surface area contributed by atoms with Gasteiger partial charge in [0, 0.05) is 17.7 Å². The topological polar surface area (TPSA) is 146 Å². The van der Waals surface area contributed by atoms with Crippen LogP contribution in [-0.2, 0) is 4.79 Å². The van der Waals surface area contributed by atoms with E-state index in [1.807, 2.05) is 0 Å². The zero-order valence-corrected chi connectivity index (χ0v) is 13.8. The molecule has 0 spiro atoms. The van der Waals surface area contributed by atoms with Gasteiger partial charge in [0.1, 0.15) is 11.6 Å². The summed E-state index contributed by atoms with van der Waals surface area (Å²) >= 11 is 0. The number of nitrogens with one attached hydrogen (secondary N) is 2. The van der Waals surface area contributed by atoms with E-state index in [0.29, 0.717) is 22.4 Å². The van der Waals surface area contributed by atoms with Gasteiger partial charge in [-0.05, 0) is 29.8 Å². The van der Waals surface area contributed by atoms with Crippen molar-refractivity contribution in [3.8, 4) is 5.75 Å². The molecule has 2 rings (SSSR count). The summed E-state index contributed by atoms with van der Waals surface area (Å²) < 4.78 is 5.01. The lowest BCUT2D eigenvalue weighted by Crippen LogP contribution is -2.28. The number of amides is 1. The van der Waals surface area contributed by atoms with Crippen LogP contribution in [0.5, 0.6) is 5.75 Å². The smallest absolute Gasteiger partial charge is 0.341 e. The van der Waals surface area contributed by atoms with Gasteiger partial charge in [0.2, 0.25) is 0 Å². The molecule has 8 nitrogen and oxygen atoms in total. The molecule has 0 saturated carbocycles. The third kappa shape index (κ3) is 5.32. The van der Waals surface area contributed by atoms with E-state index in [2.05, 4.69) is 5.32 Å². The first-order valence-corrected chi connectivity index (χ1v) is 7.72. The molecule has 0 aromatic heterocycles. The number of carbonyl (C=O) groups is 2. The Labute approximate surface area is 149 Å². The van der Waals surface area contributed by atoms with Gasteiger partial charge in [0.05, 0.1) is 6.10 Å². The predicted octanol–water partition coefficient (Wildman–Crippen LogP) is 0.897. The zero-order valence-electron chi connectivity index (χ0n) is 13.8. The monoisotopic (exact) mass is 357 g/mol. The number of aliphatic hydroxyl groups is 1. The lowest BCUT2D eigenvalue weighted by Gasteiger charge is -2.13. The molecule has 0 aliphatic rings. The first kappa shape index (κ1) is 18.9. The van der Waals surface area contributed by atoms with Crippen LogP contribution in [0, 0.1) is 5.41 Å². The molecule has 0 bridgehead atoms. The molecule has 6 N–H and O–H groups in total. The fourth-order valence-corrected chi connectivity index (χ4v) is 2.14. The van der Waals surface area contributed by atoms with Crippen LogP contribution in [0.2, 0.25) is 0 Å². The molecule has 8 heteroatoms. The lowest BCUT2D eigenvalue weighted by molar-refractivity contribution is -0.139. The second-order valence-electron chi connectivity index (χ2n) is 5.47. The number of hydrogen-bond acceptors (Lipinski definition) is 5. The summed E-state index contributed by atoms with van der Waals surface area (Å²) in [6, 6.07) is 12.5. The number of aliphatic hydroxyl groups excluding tert-OH is 1. The van der Waals surface area contributed by atoms with E-state index in [0.717, 1.165) is 0 Å². The van der Waals surface area contributed by atoms with Gasteiger partial charge in [-0.15, -0.1) is 0 Å². The Kier molecular flexibility index (Phi) is 6.29. The summed E-state index contributed by atoms with van der Waals surface area (Å²) in [7, 11) is 0. The number of aliphatic carboxylic acids is 1. The Bertz CT molecular complexity index is 787. The van der Waals surface area contributed by atoms with Crippen molar-refractivity contribution in [3.63, 3.8) is 0 Å². The van der Waals surface area contributed by atoms with Crippen molar-refractivity contribution in [2.75, 3.05) is 13.2 Å². The molecule has 0 radical (unpaired) electrons. The van der Waals surface area contributed by atoms with Crippen molar-refractivity contribution >= 4 is 17.7 Å². The minimum absolute atomic E-state index is 0.00260. The fraction of sp³-hybridized carbons (Fsp3) is 0.167.